The Kier molecular flexibility index (Phi) is 3.41. The number of anilines is 1. The molecule has 0 aliphatic carbocycles. The number of hydrogen-bond donors (Lipinski definition) is 1. The molecule has 1 aromatic heterocycles. The molecule has 1 aliphatic heterocycles. The second-order valence-electron chi connectivity index (χ2n) is 5.19. The largest absolute Gasteiger partial charge is 0.474 e. The van der Waals surface area contributed by atoms with Crippen LogP contribution >= 0.6 is 0 Å². The van der Waals surface area contributed by atoms with Gasteiger partial charge in [0.25, 0.3) is 0 Å². The molecule has 0 amide bonds. The van der Waals surface area contributed by atoms with Crippen molar-refractivity contribution in [3.05, 3.63) is 17.8 Å². The fourth-order valence-corrected chi connectivity index (χ4v) is 1.68. The number of fused-ring (bicyclic) bond motifs is 1. The number of hydrogen-bond acceptors (Lipinski definition) is 5. The summed E-state index contributed by atoms with van der Waals surface area (Å²) in [6, 6.07) is 3.69. The fourth-order valence-electron chi connectivity index (χ4n) is 1.68. The zero-order valence-corrected chi connectivity index (χ0v) is 10.9. The van der Waals surface area contributed by atoms with E-state index in [1.54, 1.807) is 0 Å². The van der Waals surface area contributed by atoms with E-state index in [0.29, 0.717) is 18.2 Å². The Hall–Kier alpha value is -1.78. The molecular formula is C13H18N2O3. The van der Waals surface area contributed by atoms with Crippen LogP contribution in [0.15, 0.2) is 12.1 Å². The Morgan fingerprint density at radius 2 is 2.28 bits per heavy atom. The number of pyridine rings is 1. The molecule has 0 atom stereocenters. The minimum atomic E-state index is -0.469. The molecule has 98 valence electrons. The molecule has 0 fully saturated rings. The van der Waals surface area contributed by atoms with Crippen molar-refractivity contribution in [1.82, 2.24) is 4.98 Å². The summed E-state index contributed by atoms with van der Waals surface area (Å²) in [6.45, 7) is 6.91. The van der Waals surface area contributed by atoms with Crippen LogP contribution < -0.4 is 10.1 Å². The number of ether oxygens (including phenoxy) is 2. The summed E-state index contributed by atoms with van der Waals surface area (Å²) in [5.41, 5.74) is 1.06. The lowest BCUT2D eigenvalue weighted by Gasteiger charge is -2.20. The third-order valence-electron chi connectivity index (χ3n) is 2.32. The van der Waals surface area contributed by atoms with Crippen LogP contribution in [-0.4, -0.2) is 29.7 Å². The van der Waals surface area contributed by atoms with Gasteiger partial charge in [-0.3, -0.25) is 4.79 Å². The van der Waals surface area contributed by atoms with Crippen molar-refractivity contribution in [2.24, 2.45) is 0 Å². The maximum absolute atomic E-state index is 11.7. The standard InChI is InChI=1S/C13H18N2O3/c1-13(2,3)18-11(16)8-9-4-5-10-12(15-9)17-7-6-14-10/h4-5,14H,6-8H2,1-3H3. The van der Waals surface area contributed by atoms with Gasteiger partial charge >= 0.3 is 5.97 Å². The van der Waals surface area contributed by atoms with Crippen molar-refractivity contribution in [2.75, 3.05) is 18.5 Å². The van der Waals surface area contributed by atoms with Crippen LogP contribution in [0, 0.1) is 0 Å². The van der Waals surface area contributed by atoms with Crippen LogP contribution in [0.4, 0.5) is 5.69 Å². The maximum Gasteiger partial charge on any atom is 0.312 e. The average Bonchev–Trinajstić information content (AvgIpc) is 2.26. The molecule has 1 aliphatic rings. The zero-order valence-electron chi connectivity index (χ0n) is 10.9. The van der Waals surface area contributed by atoms with Gasteiger partial charge in [-0.05, 0) is 32.9 Å². The van der Waals surface area contributed by atoms with Gasteiger partial charge in [0.1, 0.15) is 12.2 Å². The highest BCUT2D eigenvalue weighted by atomic mass is 16.6. The molecule has 0 aromatic carbocycles. The molecule has 18 heavy (non-hydrogen) atoms. The highest BCUT2D eigenvalue weighted by Gasteiger charge is 2.18. The van der Waals surface area contributed by atoms with Gasteiger partial charge in [0.15, 0.2) is 0 Å². The minimum Gasteiger partial charge on any atom is -0.474 e. The predicted molar refractivity (Wildman–Crippen MR) is 67.8 cm³/mol. The van der Waals surface area contributed by atoms with Crippen LogP contribution in [0.5, 0.6) is 5.88 Å². The Bertz CT molecular complexity index is 452. The SMILES string of the molecule is CC(C)(C)OC(=O)Cc1ccc2c(n1)OCCN2. The Balaban J connectivity index is 2.04. The third-order valence-corrected chi connectivity index (χ3v) is 2.32. The molecular weight excluding hydrogens is 232 g/mol. The maximum atomic E-state index is 11.7. The highest BCUT2D eigenvalue weighted by molar-refractivity contribution is 5.72. The first-order valence-corrected chi connectivity index (χ1v) is 6.02. The quantitative estimate of drug-likeness (QED) is 0.811. The normalized spacial score (nSPS) is 14.2. The van der Waals surface area contributed by atoms with E-state index in [1.807, 2.05) is 32.9 Å². The lowest BCUT2D eigenvalue weighted by molar-refractivity contribution is -0.153. The number of carbonyl (C=O) groups excluding carboxylic acids is 1. The van der Waals surface area contributed by atoms with E-state index in [4.69, 9.17) is 9.47 Å². The summed E-state index contributed by atoms with van der Waals surface area (Å²) < 4.78 is 10.7. The molecule has 1 N–H and O–H groups in total. The van der Waals surface area contributed by atoms with Crippen molar-refractivity contribution >= 4 is 11.7 Å². The Morgan fingerprint density at radius 3 is 3.00 bits per heavy atom. The molecule has 1 aromatic rings. The molecule has 2 rings (SSSR count). The number of rotatable bonds is 2. The lowest BCUT2D eigenvalue weighted by atomic mass is 10.2. The Labute approximate surface area is 107 Å². The Morgan fingerprint density at radius 1 is 1.50 bits per heavy atom. The number of nitrogens with one attached hydrogen (secondary N) is 1. The van der Waals surface area contributed by atoms with Crippen LogP contribution in [0.25, 0.3) is 0 Å². The van der Waals surface area contributed by atoms with Gasteiger partial charge in [-0.2, -0.15) is 0 Å². The van der Waals surface area contributed by atoms with Crippen molar-refractivity contribution in [1.29, 1.82) is 0 Å². The lowest BCUT2D eigenvalue weighted by Crippen LogP contribution is -2.25. The first-order valence-electron chi connectivity index (χ1n) is 6.02. The van der Waals surface area contributed by atoms with E-state index >= 15 is 0 Å². The molecule has 5 nitrogen and oxygen atoms in total. The first kappa shape index (κ1) is 12.7. The topological polar surface area (TPSA) is 60.5 Å². The molecule has 0 spiro atoms. The van der Waals surface area contributed by atoms with Crippen LogP contribution in [0.3, 0.4) is 0 Å². The van der Waals surface area contributed by atoms with E-state index in [1.165, 1.54) is 0 Å². The summed E-state index contributed by atoms with van der Waals surface area (Å²) >= 11 is 0. The summed E-state index contributed by atoms with van der Waals surface area (Å²) in [6.07, 6.45) is 0.161. The minimum absolute atomic E-state index is 0.161. The van der Waals surface area contributed by atoms with E-state index in [2.05, 4.69) is 10.3 Å². The number of esters is 1. The van der Waals surface area contributed by atoms with E-state index in [9.17, 15) is 4.79 Å². The van der Waals surface area contributed by atoms with E-state index in [0.717, 1.165) is 12.2 Å². The summed E-state index contributed by atoms with van der Waals surface area (Å²) in [4.78, 5) is 16.0. The van der Waals surface area contributed by atoms with Gasteiger partial charge < -0.3 is 14.8 Å². The predicted octanol–water partition coefficient (Wildman–Crippen LogP) is 1.77. The average molecular weight is 250 g/mol. The molecule has 2 heterocycles. The van der Waals surface area contributed by atoms with E-state index in [-0.39, 0.29) is 12.4 Å². The van der Waals surface area contributed by atoms with E-state index < -0.39 is 5.60 Å². The van der Waals surface area contributed by atoms with Crippen molar-refractivity contribution < 1.29 is 14.3 Å². The van der Waals surface area contributed by atoms with Crippen molar-refractivity contribution in [2.45, 2.75) is 32.8 Å². The molecule has 0 bridgehead atoms. The fraction of sp³-hybridized carbons (Fsp3) is 0.538. The van der Waals surface area contributed by atoms with Crippen molar-refractivity contribution in [3.8, 4) is 5.88 Å². The second kappa shape index (κ2) is 4.84. The summed E-state index contributed by atoms with van der Waals surface area (Å²) in [7, 11) is 0. The van der Waals surface area contributed by atoms with Crippen molar-refractivity contribution in [3.63, 3.8) is 0 Å². The van der Waals surface area contributed by atoms with Gasteiger partial charge in [0.2, 0.25) is 5.88 Å². The van der Waals surface area contributed by atoms with Gasteiger partial charge in [0, 0.05) is 6.54 Å². The third kappa shape index (κ3) is 3.35. The number of aromatic nitrogens is 1. The molecule has 5 heteroatoms. The monoisotopic (exact) mass is 250 g/mol. The van der Waals surface area contributed by atoms with Gasteiger partial charge in [-0.25, -0.2) is 4.98 Å². The number of carbonyl (C=O) groups is 1. The molecule has 0 unspecified atom stereocenters. The number of nitrogens with zero attached hydrogens (tertiary/aromatic N) is 1. The van der Waals surface area contributed by atoms with Gasteiger partial charge in [-0.1, -0.05) is 0 Å². The van der Waals surface area contributed by atoms with Crippen LogP contribution in [0.1, 0.15) is 26.5 Å². The second-order valence-corrected chi connectivity index (χ2v) is 5.19. The smallest absolute Gasteiger partial charge is 0.312 e. The molecule has 0 saturated heterocycles. The zero-order chi connectivity index (χ0) is 13.2. The molecule has 0 saturated carbocycles. The van der Waals surface area contributed by atoms with Crippen LogP contribution in [0.2, 0.25) is 0 Å². The highest BCUT2D eigenvalue weighted by Crippen LogP contribution is 2.24. The first-order chi connectivity index (χ1) is 8.44. The van der Waals surface area contributed by atoms with Gasteiger partial charge in [-0.15, -0.1) is 0 Å². The summed E-state index contributed by atoms with van der Waals surface area (Å²) in [5, 5.41) is 3.18. The molecule has 0 radical (unpaired) electrons. The summed E-state index contributed by atoms with van der Waals surface area (Å²) in [5.74, 6) is 0.279. The van der Waals surface area contributed by atoms with Gasteiger partial charge in [0.05, 0.1) is 17.8 Å². The van der Waals surface area contributed by atoms with Crippen LogP contribution in [-0.2, 0) is 16.0 Å².